The van der Waals surface area contributed by atoms with Crippen molar-refractivity contribution >= 4 is 15.9 Å². The zero-order chi connectivity index (χ0) is 23.4. The number of ether oxygens (including phenoxy) is 2. The molecule has 1 saturated carbocycles. The van der Waals surface area contributed by atoms with E-state index in [1.54, 1.807) is 12.1 Å². The van der Waals surface area contributed by atoms with Gasteiger partial charge in [0.1, 0.15) is 13.2 Å². The van der Waals surface area contributed by atoms with Gasteiger partial charge in [0.05, 0.1) is 5.75 Å². The highest BCUT2D eigenvalue weighted by Crippen LogP contribution is 2.39. The molecule has 0 spiro atoms. The lowest BCUT2D eigenvalue weighted by Crippen LogP contribution is -2.31. The monoisotopic (exact) mass is 473 g/mol. The molecule has 3 atom stereocenters. The van der Waals surface area contributed by atoms with Gasteiger partial charge in [-0.3, -0.25) is 4.79 Å². The molecule has 0 radical (unpaired) electrons. The molecule has 0 saturated heterocycles. The van der Waals surface area contributed by atoms with Gasteiger partial charge in [-0.15, -0.1) is 0 Å². The Labute approximate surface area is 194 Å². The molecule has 1 unspecified atom stereocenters. The van der Waals surface area contributed by atoms with E-state index in [2.05, 4.69) is 23.6 Å². The van der Waals surface area contributed by atoms with Crippen LogP contribution in [0.2, 0.25) is 0 Å². The van der Waals surface area contributed by atoms with Crippen LogP contribution in [0, 0.1) is 0 Å². The summed E-state index contributed by atoms with van der Waals surface area (Å²) >= 11 is 0. The largest absolute Gasteiger partial charge is 0.486 e. The number of benzene rings is 2. The highest BCUT2D eigenvalue weighted by atomic mass is 32.2. The number of amides is 1. The summed E-state index contributed by atoms with van der Waals surface area (Å²) in [5.41, 5.74) is 2.83. The second-order valence-corrected chi connectivity index (χ2v) is 10.4. The highest BCUT2D eigenvalue weighted by molar-refractivity contribution is 7.89. The number of nitrogens with two attached hydrogens (primary N) is 1. The molecule has 178 valence electrons. The summed E-state index contributed by atoms with van der Waals surface area (Å²) in [6.45, 7) is 3.31. The van der Waals surface area contributed by atoms with E-state index in [-0.39, 0.29) is 24.2 Å². The van der Waals surface area contributed by atoms with E-state index in [1.807, 2.05) is 24.3 Å². The lowest BCUT2D eigenvalue weighted by Gasteiger charge is -2.26. The van der Waals surface area contributed by atoms with Crippen LogP contribution in [0.5, 0.6) is 11.5 Å². The van der Waals surface area contributed by atoms with E-state index < -0.39 is 10.0 Å². The number of hydrogen-bond donors (Lipinski definition) is 3. The maximum absolute atomic E-state index is 12.2. The van der Waals surface area contributed by atoms with Gasteiger partial charge in [0.2, 0.25) is 10.0 Å². The van der Waals surface area contributed by atoms with E-state index >= 15 is 0 Å². The van der Waals surface area contributed by atoms with Crippen molar-refractivity contribution in [2.45, 2.75) is 44.2 Å². The first-order valence-corrected chi connectivity index (χ1v) is 13.0. The summed E-state index contributed by atoms with van der Waals surface area (Å²) in [6.07, 6.45) is 3.19. The first-order valence-electron chi connectivity index (χ1n) is 11.3. The molecule has 4 rings (SSSR count). The molecular formula is C24H31N3O5S. The minimum Gasteiger partial charge on any atom is -0.486 e. The van der Waals surface area contributed by atoms with Crippen LogP contribution in [0.1, 0.15) is 59.6 Å². The smallest absolute Gasteiger partial charge is 0.251 e. The van der Waals surface area contributed by atoms with Gasteiger partial charge in [-0.05, 0) is 55.9 Å². The van der Waals surface area contributed by atoms with Gasteiger partial charge >= 0.3 is 0 Å². The predicted molar refractivity (Wildman–Crippen MR) is 126 cm³/mol. The molecule has 0 bridgehead atoms. The van der Waals surface area contributed by atoms with Crippen molar-refractivity contribution in [1.29, 1.82) is 0 Å². The van der Waals surface area contributed by atoms with Crippen LogP contribution in [0.4, 0.5) is 0 Å². The highest BCUT2D eigenvalue weighted by Gasteiger charge is 2.28. The van der Waals surface area contributed by atoms with E-state index in [0.29, 0.717) is 30.7 Å². The molecule has 8 nitrogen and oxygen atoms in total. The van der Waals surface area contributed by atoms with Crippen LogP contribution in [0.25, 0.3) is 0 Å². The first kappa shape index (κ1) is 23.5. The van der Waals surface area contributed by atoms with E-state index in [0.717, 1.165) is 36.3 Å². The zero-order valence-electron chi connectivity index (χ0n) is 18.8. The van der Waals surface area contributed by atoms with Crippen molar-refractivity contribution in [3.63, 3.8) is 0 Å². The topological polar surface area (TPSA) is 120 Å². The fourth-order valence-corrected chi connectivity index (χ4v) is 5.02. The van der Waals surface area contributed by atoms with Gasteiger partial charge in [0, 0.05) is 29.8 Å². The van der Waals surface area contributed by atoms with Crippen LogP contribution in [-0.4, -0.2) is 45.9 Å². The summed E-state index contributed by atoms with van der Waals surface area (Å²) in [4.78, 5) is 12.2. The third-order valence-electron chi connectivity index (χ3n) is 6.30. The van der Waals surface area contributed by atoms with Crippen LogP contribution in [0.15, 0.2) is 42.5 Å². The van der Waals surface area contributed by atoms with Gasteiger partial charge in [0.25, 0.3) is 5.91 Å². The number of carbonyl (C=O) groups is 1. The van der Waals surface area contributed by atoms with Crippen LogP contribution >= 0.6 is 0 Å². The van der Waals surface area contributed by atoms with Gasteiger partial charge in [-0.25, -0.2) is 13.6 Å². The molecular weight excluding hydrogens is 442 g/mol. The zero-order valence-corrected chi connectivity index (χ0v) is 19.6. The average molecular weight is 474 g/mol. The molecule has 2 aromatic carbocycles. The number of rotatable bonds is 8. The van der Waals surface area contributed by atoms with Crippen molar-refractivity contribution < 1.29 is 22.7 Å². The fraction of sp³-hybridized carbons (Fsp3) is 0.458. The van der Waals surface area contributed by atoms with Crippen molar-refractivity contribution in [3.05, 3.63) is 59.2 Å². The minimum absolute atomic E-state index is 0.00460. The van der Waals surface area contributed by atoms with Gasteiger partial charge in [-0.1, -0.05) is 24.3 Å². The number of fused-ring (bicyclic) bond motifs is 1. The van der Waals surface area contributed by atoms with Crippen LogP contribution in [0.3, 0.4) is 0 Å². The molecule has 1 fully saturated rings. The third-order valence-corrected chi connectivity index (χ3v) is 7.07. The minimum atomic E-state index is -3.59. The summed E-state index contributed by atoms with van der Waals surface area (Å²) in [5.74, 6) is 1.50. The van der Waals surface area contributed by atoms with Gasteiger partial charge in [-0.2, -0.15) is 0 Å². The molecule has 1 heterocycles. The molecule has 4 N–H and O–H groups in total. The van der Waals surface area contributed by atoms with E-state index in [9.17, 15) is 13.2 Å². The van der Waals surface area contributed by atoms with Crippen molar-refractivity contribution in [3.8, 4) is 11.5 Å². The Balaban J connectivity index is 1.31. The Bertz CT molecular complexity index is 1090. The van der Waals surface area contributed by atoms with Crippen molar-refractivity contribution in [2.24, 2.45) is 5.14 Å². The maximum atomic E-state index is 12.2. The lowest BCUT2D eigenvalue weighted by atomic mass is 9.96. The van der Waals surface area contributed by atoms with Gasteiger partial charge < -0.3 is 20.1 Å². The number of primary sulfonamides is 1. The first-order chi connectivity index (χ1) is 15.8. The quantitative estimate of drug-likeness (QED) is 0.542. The summed E-state index contributed by atoms with van der Waals surface area (Å²) in [6, 6.07) is 14.1. The SMILES string of the molecule is C[C@@H](NC1CC[C@@H](c2ccc(C(=O)NCCS(N)(=O)=O)cc2)C1)c1cccc2c1OCCO2. The Morgan fingerprint density at radius 2 is 1.88 bits per heavy atom. The Kier molecular flexibility index (Phi) is 7.21. The van der Waals surface area contributed by atoms with E-state index in [4.69, 9.17) is 14.6 Å². The molecule has 2 aromatic rings. The molecule has 33 heavy (non-hydrogen) atoms. The number of para-hydroxylation sites is 1. The molecule has 1 aliphatic carbocycles. The molecule has 0 aromatic heterocycles. The second-order valence-electron chi connectivity index (χ2n) is 8.71. The van der Waals surface area contributed by atoms with Crippen molar-refractivity contribution in [2.75, 3.05) is 25.5 Å². The number of hydrogen-bond acceptors (Lipinski definition) is 6. The summed E-state index contributed by atoms with van der Waals surface area (Å²) in [5, 5.41) is 11.3. The summed E-state index contributed by atoms with van der Waals surface area (Å²) < 4.78 is 33.6. The molecule has 1 aliphatic heterocycles. The number of carbonyl (C=O) groups excluding carboxylic acids is 1. The summed E-state index contributed by atoms with van der Waals surface area (Å²) in [7, 11) is -3.59. The molecule has 9 heteroatoms. The Morgan fingerprint density at radius 3 is 2.64 bits per heavy atom. The molecule has 2 aliphatic rings. The van der Waals surface area contributed by atoms with Crippen LogP contribution in [-0.2, 0) is 10.0 Å². The predicted octanol–water partition coefficient (Wildman–Crippen LogP) is 2.46. The Morgan fingerprint density at radius 1 is 1.12 bits per heavy atom. The van der Waals surface area contributed by atoms with Crippen molar-refractivity contribution in [1.82, 2.24) is 10.6 Å². The van der Waals surface area contributed by atoms with Gasteiger partial charge in [0.15, 0.2) is 11.5 Å². The second kappa shape index (κ2) is 10.1. The van der Waals surface area contributed by atoms with E-state index in [1.165, 1.54) is 5.56 Å². The number of sulfonamides is 1. The standard InChI is InChI=1S/C24H31N3O5S/c1-16(21-3-2-4-22-23(21)32-13-12-31-22)27-20-10-9-19(15-20)17-5-7-18(8-6-17)24(28)26-11-14-33(25,29)30/h2-8,16,19-20,27H,9-15H2,1H3,(H,26,28)(H2,25,29,30)/t16-,19-,20?/m1/s1. The number of nitrogens with one attached hydrogen (secondary N) is 2. The lowest BCUT2D eigenvalue weighted by molar-refractivity contribution is 0.0956. The van der Waals surface area contributed by atoms with Crippen LogP contribution < -0.4 is 25.2 Å². The maximum Gasteiger partial charge on any atom is 0.251 e. The normalized spacial score (nSPS) is 20.9. The Hall–Kier alpha value is -2.62. The third kappa shape index (κ3) is 6.04. The average Bonchev–Trinajstić information content (AvgIpc) is 3.26. The molecule has 1 amide bonds. The fourth-order valence-electron chi connectivity index (χ4n) is 4.63.